The number of nitrogens with zero attached hydrogens (tertiary/aromatic N) is 2. The van der Waals surface area contributed by atoms with E-state index in [4.69, 9.17) is 11.6 Å². The second-order valence-electron chi connectivity index (χ2n) is 6.77. The van der Waals surface area contributed by atoms with Crippen LogP contribution in [0.15, 0.2) is 67.3 Å². The smallest absolute Gasteiger partial charge is 0.288 e. The molecule has 29 heavy (non-hydrogen) atoms. The van der Waals surface area contributed by atoms with Crippen LogP contribution in [0, 0.1) is 0 Å². The lowest BCUT2D eigenvalue weighted by molar-refractivity contribution is 0.0124. The Labute approximate surface area is 172 Å². The minimum atomic E-state index is -3.20. The predicted molar refractivity (Wildman–Crippen MR) is 111 cm³/mol. The lowest BCUT2D eigenvalue weighted by Crippen LogP contribution is -2.17. The molecule has 0 spiro atoms. The van der Waals surface area contributed by atoms with Crippen molar-refractivity contribution in [2.24, 2.45) is 0 Å². The first-order valence-electron chi connectivity index (χ1n) is 8.98. The van der Waals surface area contributed by atoms with E-state index in [1.165, 1.54) is 0 Å². The third kappa shape index (κ3) is 4.54. The van der Waals surface area contributed by atoms with Gasteiger partial charge in [0.2, 0.25) is 0 Å². The van der Waals surface area contributed by atoms with E-state index in [2.05, 4.69) is 17.0 Å². The number of allylic oxidation sites excluding steroid dienone is 1. The van der Waals surface area contributed by atoms with E-state index in [0.717, 1.165) is 23.2 Å². The van der Waals surface area contributed by atoms with Crippen molar-refractivity contribution in [1.29, 1.82) is 0 Å². The summed E-state index contributed by atoms with van der Waals surface area (Å²) in [7, 11) is 0. The van der Waals surface area contributed by atoms with Crippen LogP contribution < -0.4 is 5.32 Å². The highest BCUT2D eigenvalue weighted by Gasteiger charge is 2.31. The van der Waals surface area contributed by atoms with Gasteiger partial charge in [0.05, 0.1) is 10.7 Å². The van der Waals surface area contributed by atoms with Crippen molar-refractivity contribution in [2.45, 2.75) is 25.7 Å². The summed E-state index contributed by atoms with van der Waals surface area (Å²) in [6.07, 6.45) is 1.82. The molecule has 7 heteroatoms. The predicted octanol–water partition coefficient (Wildman–Crippen LogP) is 6.18. The summed E-state index contributed by atoms with van der Waals surface area (Å²) in [4.78, 5) is 12.9. The molecule has 1 heterocycles. The molecule has 0 bridgehead atoms. The van der Waals surface area contributed by atoms with Gasteiger partial charge < -0.3 is 5.32 Å². The van der Waals surface area contributed by atoms with Gasteiger partial charge in [0.15, 0.2) is 0 Å². The molecule has 1 aromatic heterocycles. The van der Waals surface area contributed by atoms with Gasteiger partial charge in [0.1, 0.15) is 11.4 Å². The Kier molecular flexibility index (Phi) is 5.84. The second kappa shape index (κ2) is 8.17. The Balaban J connectivity index is 1.96. The van der Waals surface area contributed by atoms with Gasteiger partial charge in [-0.15, -0.1) is 6.58 Å². The highest BCUT2D eigenvalue weighted by molar-refractivity contribution is 6.32. The van der Waals surface area contributed by atoms with Crippen LogP contribution >= 0.6 is 11.6 Å². The summed E-state index contributed by atoms with van der Waals surface area (Å²) in [5.74, 6) is -3.60. The summed E-state index contributed by atoms with van der Waals surface area (Å²) in [5.41, 5.74) is 1.36. The number of nitrogens with one attached hydrogen (secondary N) is 1. The van der Waals surface area contributed by atoms with Crippen molar-refractivity contribution in [2.75, 3.05) is 5.32 Å². The summed E-state index contributed by atoms with van der Waals surface area (Å²) in [6, 6.07) is 14.9. The molecular weight excluding hydrogens is 396 g/mol. The van der Waals surface area contributed by atoms with Crippen LogP contribution in [0.5, 0.6) is 0 Å². The standard InChI is InChI=1S/C22H20ClF2N3O/c1-4-14(2)15-9-11-16(12-10-15)26-21(29)19-13-20(22(3,24)25)27-28(19)18-8-6-5-7-17(18)23/h4-14H,1H2,2-3H3,(H,26,29). The number of alkyl halides is 2. The Morgan fingerprint density at radius 1 is 1.24 bits per heavy atom. The minimum absolute atomic E-state index is 0.0434. The van der Waals surface area contributed by atoms with Gasteiger partial charge in [-0.3, -0.25) is 4.79 Å². The van der Waals surface area contributed by atoms with E-state index in [0.29, 0.717) is 16.4 Å². The fourth-order valence-electron chi connectivity index (χ4n) is 2.77. The van der Waals surface area contributed by atoms with Crippen molar-refractivity contribution >= 4 is 23.2 Å². The highest BCUT2D eigenvalue weighted by Crippen LogP contribution is 2.29. The molecule has 1 amide bonds. The zero-order valence-electron chi connectivity index (χ0n) is 16.0. The van der Waals surface area contributed by atoms with Crippen LogP contribution in [0.25, 0.3) is 5.69 Å². The number of benzene rings is 2. The molecule has 3 rings (SSSR count). The number of para-hydroxylation sites is 1. The van der Waals surface area contributed by atoms with Crippen LogP contribution in [0.4, 0.5) is 14.5 Å². The van der Waals surface area contributed by atoms with E-state index in [1.54, 1.807) is 36.4 Å². The summed E-state index contributed by atoms with van der Waals surface area (Å²) in [5, 5.41) is 6.95. The average molecular weight is 416 g/mol. The van der Waals surface area contributed by atoms with E-state index in [1.807, 2.05) is 25.1 Å². The van der Waals surface area contributed by atoms with Gasteiger partial charge in [0.25, 0.3) is 11.8 Å². The number of halogens is 3. The molecule has 0 aliphatic heterocycles. The molecule has 0 aliphatic carbocycles. The number of carbonyl (C=O) groups excluding carboxylic acids is 1. The van der Waals surface area contributed by atoms with E-state index >= 15 is 0 Å². The fraction of sp³-hybridized carbons (Fsp3) is 0.182. The third-order valence-electron chi connectivity index (χ3n) is 4.52. The van der Waals surface area contributed by atoms with Crippen LogP contribution in [0.2, 0.25) is 5.02 Å². The van der Waals surface area contributed by atoms with Crippen molar-refractivity contribution in [3.05, 3.63) is 89.2 Å². The van der Waals surface area contributed by atoms with Crippen molar-refractivity contribution in [3.63, 3.8) is 0 Å². The molecule has 0 saturated carbocycles. The molecule has 3 aromatic rings. The number of carbonyl (C=O) groups is 1. The molecule has 0 radical (unpaired) electrons. The Morgan fingerprint density at radius 3 is 2.48 bits per heavy atom. The van der Waals surface area contributed by atoms with Gasteiger partial charge in [-0.25, -0.2) is 4.68 Å². The van der Waals surface area contributed by atoms with Crippen LogP contribution in [-0.2, 0) is 5.92 Å². The van der Waals surface area contributed by atoms with E-state index in [9.17, 15) is 13.6 Å². The largest absolute Gasteiger partial charge is 0.321 e. The van der Waals surface area contributed by atoms with Crippen molar-refractivity contribution in [1.82, 2.24) is 9.78 Å². The first-order valence-corrected chi connectivity index (χ1v) is 9.35. The number of rotatable bonds is 6. The summed E-state index contributed by atoms with van der Waals surface area (Å²) >= 11 is 6.19. The zero-order valence-corrected chi connectivity index (χ0v) is 16.8. The fourth-order valence-corrected chi connectivity index (χ4v) is 2.98. The second-order valence-corrected chi connectivity index (χ2v) is 7.17. The SMILES string of the molecule is C=CC(C)c1ccc(NC(=O)c2cc(C(C)(F)F)nn2-c2ccccc2Cl)cc1. The molecule has 1 unspecified atom stereocenters. The Hall–Kier alpha value is -2.99. The lowest BCUT2D eigenvalue weighted by Gasteiger charge is -2.11. The van der Waals surface area contributed by atoms with Crippen molar-refractivity contribution in [3.8, 4) is 5.69 Å². The first kappa shape index (κ1) is 20.7. The minimum Gasteiger partial charge on any atom is -0.321 e. The topological polar surface area (TPSA) is 46.9 Å². The van der Waals surface area contributed by atoms with Gasteiger partial charge in [-0.05, 0) is 41.8 Å². The van der Waals surface area contributed by atoms with Gasteiger partial charge >= 0.3 is 0 Å². The zero-order chi connectivity index (χ0) is 21.2. The van der Waals surface area contributed by atoms with Crippen LogP contribution in [0.3, 0.4) is 0 Å². The van der Waals surface area contributed by atoms with Crippen molar-refractivity contribution < 1.29 is 13.6 Å². The molecule has 0 fully saturated rings. The number of anilines is 1. The highest BCUT2D eigenvalue weighted by atomic mass is 35.5. The van der Waals surface area contributed by atoms with E-state index in [-0.39, 0.29) is 11.6 Å². The molecule has 1 atom stereocenters. The molecule has 2 aromatic carbocycles. The van der Waals surface area contributed by atoms with Crippen LogP contribution in [-0.4, -0.2) is 15.7 Å². The number of hydrogen-bond acceptors (Lipinski definition) is 2. The molecular formula is C22H20ClF2N3O. The summed E-state index contributed by atoms with van der Waals surface area (Å²) in [6.45, 7) is 6.50. The molecule has 4 nitrogen and oxygen atoms in total. The van der Waals surface area contributed by atoms with Crippen LogP contribution in [0.1, 0.15) is 41.5 Å². The van der Waals surface area contributed by atoms with Gasteiger partial charge in [0, 0.05) is 12.6 Å². The number of amides is 1. The monoisotopic (exact) mass is 415 g/mol. The normalized spacial score (nSPS) is 12.4. The Bertz CT molecular complexity index is 1040. The molecule has 0 saturated heterocycles. The Morgan fingerprint density at radius 2 is 1.90 bits per heavy atom. The molecule has 150 valence electrons. The maximum absolute atomic E-state index is 13.9. The molecule has 1 N–H and O–H groups in total. The maximum atomic E-state index is 13.9. The summed E-state index contributed by atoms with van der Waals surface area (Å²) < 4.78 is 28.9. The number of aromatic nitrogens is 2. The maximum Gasteiger partial charge on any atom is 0.288 e. The first-order chi connectivity index (χ1) is 13.7. The number of hydrogen-bond donors (Lipinski definition) is 1. The third-order valence-corrected chi connectivity index (χ3v) is 4.84. The quantitative estimate of drug-likeness (QED) is 0.488. The lowest BCUT2D eigenvalue weighted by atomic mass is 10.0. The van der Waals surface area contributed by atoms with E-state index < -0.39 is 17.5 Å². The van der Waals surface area contributed by atoms with Gasteiger partial charge in [-0.2, -0.15) is 13.9 Å². The molecule has 0 aliphatic rings. The van der Waals surface area contributed by atoms with Gasteiger partial charge in [-0.1, -0.05) is 48.9 Å². The average Bonchev–Trinajstić information content (AvgIpc) is 3.14.